The number of piperazine rings is 1. The van der Waals surface area contributed by atoms with E-state index in [1.54, 1.807) is 0 Å². The highest BCUT2D eigenvalue weighted by Gasteiger charge is 2.30. The third kappa shape index (κ3) is 3.27. The number of anilines is 1. The molecule has 4 nitrogen and oxygen atoms in total. The molecule has 1 saturated heterocycles. The number of carboxylic acids is 1. The van der Waals surface area contributed by atoms with Crippen LogP contribution in [0, 0.1) is 0 Å². The van der Waals surface area contributed by atoms with E-state index in [1.165, 1.54) is 11.3 Å². The van der Waals surface area contributed by atoms with E-state index in [9.17, 15) is 9.90 Å². The standard InChI is InChI=1S/C16H17ClN2O2S/c17-12-3-5-13(6-4-12)18-7-9-19(10-8-18)15(16(20)21)14-2-1-11-22-14/h1-6,11,15H,7-10H2,(H,20,21)/t15-/m0/s1. The van der Waals surface area contributed by atoms with Gasteiger partial charge in [0.15, 0.2) is 0 Å². The molecule has 3 rings (SSSR count). The number of hydrogen-bond donors (Lipinski definition) is 1. The van der Waals surface area contributed by atoms with E-state index in [-0.39, 0.29) is 0 Å². The van der Waals surface area contributed by atoms with E-state index < -0.39 is 12.0 Å². The van der Waals surface area contributed by atoms with Gasteiger partial charge < -0.3 is 10.0 Å². The van der Waals surface area contributed by atoms with E-state index in [4.69, 9.17) is 11.6 Å². The van der Waals surface area contributed by atoms with E-state index in [1.807, 2.05) is 46.7 Å². The fraction of sp³-hybridized carbons (Fsp3) is 0.312. The van der Waals surface area contributed by atoms with Gasteiger partial charge in [0.05, 0.1) is 0 Å². The summed E-state index contributed by atoms with van der Waals surface area (Å²) < 4.78 is 0. The fourth-order valence-electron chi connectivity index (χ4n) is 2.79. The molecule has 1 atom stereocenters. The molecule has 0 spiro atoms. The first-order chi connectivity index (χ1) is 10.6. The first kappa shape index (κ1) is 15.3. The van der Waals surface area contributed by atoms with Crippen LogP contribution >= 0.6 is 22.9 Å². The van der Waals surface area contributed by atoms with Crippen LogP contribution in [0.15, 0.2) is 41.8 Å². The fourth-order valence-corrected chi connectivity index (χ4v) is 3.77. The van der Waals surface area contributed by atoms with Crippen LogP contribution in [-0.2, 0) is 4.79 Å². The molecule has 1 N–H and O–H groups in total. The molecule has 1 aromatic carbocycles. The number of halogens is 1. The molecule has 0 aliphatic carbocycles. The van der Waals surface area contributed by atoms with Crippen LogP contribution in [0.1, 0.15) is 10.9 Å². The normalized spacial score (nSPS) is 17.4. The number of carbonyl (C=O) groups is 1. The van der Waals surface area contributed by atoms with Gasteiger partial charge in [0, 0.05) is 41.8 Å². The average molecular weight is 337 g/mol. The van der Waals surface area contributed by atoms with Crippen LogP contribution in [0.25, 0.3) is 0 Å². The zero-order chi connectivity index (χ0) is 15.5. The number of thiophene rings is 1. The predicted molar refractivity (Wildman–Crippen MR) is 89.9 cm³/mol. The Kier molecular flexibility index (Phi) is 4.66. The molecule has 1 aliphatic heterocycles. The SMILES string of the molecule is O=C(O)[C@H](c1cccs1)N1CCN(c2ccc(Cl)cc2)CC1. The summed E-state index contributed by atoms with van der Waals surface area (Å²) in [4.78, 5) is 16.8. The molecular weight excluding hydrogens is 320 g/mol. The maximum atomic E-state index is 11.6. The molecule has 1 aromatic heterocycles. The van der Waals surface area contributed by atoms with Gasteiger partial charge in [0.25, 0.3) is 0 Å². The van der Waals surface area contributed by atoms with Crippen LogP contribution in [0.4, 0.5) is 5.69 Å². The Labute approximate surface area is 138 Å². The van der Waals surface area contributed by atoms with Crippen LogP contribution in [0.2, 0.25) is 5.02 Å². The minimum Gasteiger partial charge on any atom is -0.480 e. The molecule has 22 heavy (non-hydrogen) atoms. The number of benzene rings is 1. The number of carboxylic acid groups (broad SMARTS) is 1. The minimum atomic E-state index is -0.776. The van der Waals surface area contributed by atoms with E-state index in [0.717, 1.165) is 41.8 Å². The Hall–Kier alpha value is -1.56. The summed E-state index contributed by atoms with van der Waals surface area (Å²) >= 11 is 7.42. The van der Waals surface area contributed by atoms with Gasteiger partial charge in [-0.1, -0.05) is 17.7 Å². The Morgan fingerprint density at radius 2 is 1.82 bits per heavy atom. The lowest BCUT2D eigenvalue weighted by molar-refractivity contribution is -0.143. The lowest BCUT2D eigenvalue weighted by Gasteiger charge is -2.38. The van der Waals surface area contributed by atoms with Crippen molar-refractivity contribution in [3.63, 3.8) is 0 Å². The Morgan fingerprint density at radius 1 is 1.14 bits per heavy atom. The summed E-state index contributed by atoms with van der Waals surface area (Å²) in [6, 6.07) is 11.0. The summed E-state index contributed by atoms with van der Waals surface area (Å²) in [5.74, 6) is -0.776. The van der Waals surface area contributed by atoms with Crippen molar-refractivity contribution in [3.05, 3.63) is 51.7 Å². The van der Waals surface area contributed by atoms with E-state index >= 15 is 0 Å². The molecule has 1 aliphatic rings. The van der Waals surface area contributed by atoms with Crippen LogP contribution in [0.3, 0.4) is 0 Å². The lowest BCUT2D eigenvalue weighted by atomic mass is 10.1. The molecule has 6 heteroatoms. The lowest BCUT2D eigenvalue weighted by Crippen LogP contribution is -2.49. The van der Waals surface area contributed by atoms with Crippen molar-refractivity contribution in [2.24, 2.45) is 0 Å². The van der Waals surface area contributed by atoms with Gasteiger partial charge in [-0.05, 0) is 35.7 Å². The Bertz CT molecular complexity index is 622. The van der Waals surface area contributed by atoms with Gasteiger partial charge in [0.1, 0.15) is 6.04 Å². The molecule has 0 amide bonds. The maximum Gasteiger partial charge on any atom is 0.326 e. The zero-order valence-electron chi connectivity index (χ0n) is 12.0. The molecule has 2 heterocycles. The third-order valence-electron chi connectivity index (χ3n) is 3.92. The summed E-state index contributed by atoms with van der Waals surface area (Å²) in [6.07, 6.45) is 0. The smallest absolute Gasteiger partial charge is 0.326 e. The Balaban J connectivity index is 1.68. The highest BCUT2D eigenvalue weighted by molar-refractivity contribution is 7.10. The first-order valence-corrected chi connectivity index (χ1v) is 8.41. The van der Waals surface area contributed by atoms with E-state index in [2.05, 4.69) is 4.90 Å². The van der Waals surface area contributed by atoms with Gasteiger partial charge in [0.2, 0.25) is 0 Å². The van der Waals surface area contributed by atoms with Crippen LogP contribution in [-0.4, -0.2) is 42.2 Å². The number of aliphatic carboxylic acids is 1. The van der Waals surface area contributed by atoms with Crippen molar-refractivity contribution in [1.82, 2.24) is 4.90 Å². The second-order valence-electron chi connectivity index (χ2n) is 5.26. The van der Waals surface area contributed by atoms with Gasteiger partial charge in [-0.3, -0.25) is 9.69 Å². The van der Waals surface area contributed by atoms with Crippen molar-refractivity contribution < 1.29 is 9.90 Å². The molecule has 0 unspecified atom stereocenters. The topological polar surface area (TPSA) is 43.8 Å². The van der Waals surface area contributed by atoms with Crippen molar-refractivity contribution in [3.8, 4) is 0 Å². The predicted octanol–water partition coefficient (Wildman–Crippen LogP) is 3.35. The number of hydrogen-bond acceptors (Lipinski definition) is 4. The molecule has 116 valence electrons. The van der Waals surface area contributed by atoms with E-state index in [0.29, 0.717) is 0 Å². The van der Waals surface area contributed by atoms with Crippen LogP contribution < -0.4 is 4.90 Å². The van der Waals surface area contributed by atoms with Gasteiger partial charge in [-0.15, -0.1) is 11.3 Å². The number of nitrogens with zero attached hydrogens (tertiary/aromatic N) is 2. The summed E-state index contributed by atoms with van der Waals surface area (Å²) in [5.41, 5.74) is 1.13. The molecular formula is C16H17ClN2O2S. The summed E-state index contributed by atoms with van der Waals surface area (Å²) in [5, 5.41) is 12.2. The average Bonchev–Trinajstić information content (AvgIpc) is 3.03. The van der Waals surface area contributed by atoms with Crippen molar-refractivity contribution in [1.29, 1.82) is 0 Å². The maximum absolute atomic E-state index is 11.6. The van der Waals surface area contributed by atoms with Crippen molar-refractivity contribution in [2.45, 2.75) is 6.04 Å². The molecule has 0 saturated carbocycles. The Morgan fingerprint density at radius 3 is 2.36 bits per heavy atom. The van der Waals surface area contributed by atoms with Gasteiger partial charge >= 0.3 is 5.97 Å². The second kappa shape index (κ2) is 6.69. The molecule has 0 bridgehead atoms. The molecule has 2 aromatic rings. The van der Waals surface area contributed by atoms with Gasteiger partial charge in [-0.2, -0.15) is 0 Å². The van der Waals surface area contributed by atoms with Crippen molar-refractivity contribution >= 4 is 34.6 Å². The quantitative estimate of drug-likeness (QED) is 0.930. The number of rotatable bonds is 4. The minimum absolute atomic E-state index is 0.535. The second-order valence-corrected chi connectivity index (χ2v) is 6.67. The largest absolute Gasteiger partial charge is 0.480 e. The highest BCUT2D eigenvalue weighted by Crippen LogP contribution is 2.28. The van der Waals surface area contributed by atoms with Crippen LogP contribution in [0.5, 0.6) is 0 Å². The molecule has 0 radical (unpaired) electrons. The highest BCUT2D eigenvalue weighted by atomic mass is 35.5. The zero-order valence-corrected chi connectivity index (χ0v) is 13.6. The molecule has 1 fully saturated rings. The monoisotopic (exact) mass is 336 g/mol. The third-order valence-corrected chi connectivity index (χ3v) is 5.09. The summed E-state index contributed by atoms with van der Waals surface area (Å²) in [6.45, 7) is 3.10. The summed E-state index contributed by atoms with van der Waals surface area (Å²) in [7, 11) is 0. The first-order valence-electron chi connectivity index (χ1n) is 7.16. The van der Waals surface area contributed by atoms with Gasteiger partial charge in [-0.25, -0.2) is 0 Å². The van der Waals surface area contributed by atoms with Crippen molar-refractivity contribution in [2.75, 3.05) is 31.1 Å².